The van der Waals surface area contributed by atoms with Gasteiger partial charge in [0, 0.05) is 0 Å². The van der Waals surface area contributed by atoms with Crippen molar-refractivity contribution in [2.75, 3.05) is 0 Å². The van der Waals surface area contributed by atoms with E-state index in [-0.39, 0.29) is 5.92 Å². The van der Waals surface area contributed by atoms with Gasteiger partial charge >= 0.3 is 0 Å². The molecule has 0 aromatic heterocycles. The lowest BCUT2D eigenvalue weighted by Crippen LogP contribution is -2.30. The van der Waals surface area contributed by atoms with E-state index in [9.17, 15) is 13.2 Å². The van der Waals surface area contributed by atoms with E-state index in [4.69, 9.17) is 0 Å². The molecule has 0 amide bonds. The zero-order chi connectivity index (χ0) is 15.7. The SMILES string of the molecule is CC=C[C@@H]1CC[C@@H]2CC(c3cc(F)c(F)c(F)c3)CC[C@@H]2C1. The summed E-state index contributed by atoms with van der Waals surface area (Å²) >= 11 is 0. The molecule has 3 rings (SSSR count). The molecule has 1 aromatic carbocycles. The monoisotopic (exact) mass is 308 g/mol. The molecule has 0 radical (unpaired) electrons. The highest BCUT2D eigenvalue weighted by Crippen LogP contribution is 2.48. The predicted octanol–water partition coefficient (Wildman–Crippen LogP) is 5.98. The first-order chi connectivity index (χ1) is 10.6. The van der Waals surface area contributed by atoms with Gasteiger partial charge in [0.25, 0.3) is 0 Å². The van der Waals surface area contributed by atoms with Gasteiger partial charge in [-0.3, -0.25) is 0 Å². The zero-order valence-electron chi connectivity index (χ0n) is 13.0. The van der Waals surface area contributed by atoms with Gasteiger partial charge in [-0.15, -0.1) is 0 Å². The molecule has 0 bridgehead atoms. The Morgan fingerprint density at radius 3 is 2.23 bits per heavy atom. The molecule has 1 aromatic rings. The Labute approximate surface area is 130 Å². The second-order valence-electron chi connectivity index (χ2n) is 6.93. The number of halogens is 3. The average Bonchev–Trinajstić information content (AvgIpc) is 2.52. The summed E-state index contributed by atoms with van der Waals surface area (Å²) in [6, 6.07) is 2.38. The number of allylic oxidation sites excluding steroid dienone is 2. The quantitative estimate of drug-likeness (QED) is 0.465. The first-order valence-corrected chi connectivity index (χ1v) is 8.35. The molecule has 0 nitrogen and oxygen atoms in total. The van der Waals surface area contributed by atoms with Crippen LogP contribution in [-0.4, -0.2) is 0 Å². The third kappa shape index (κ3) is 3.09. The van der Waals surface area contributed by atoms with Crippen molar-refractivity contribution in [3.63, 3.8) is 0 Å². The van der Waals surface area contributed by atoms with Crippen LogP contribution >= 0.6 is 0 Å². The van der Waals surface area contributed by atoms with Gasteiger partial charge in [-0.05, 0) is 86.8 Å². The van der Waals surface area contributed by atoms with Gasteiger partial charge in [-0.2, -0.15) is 0 Å². The first-order valence-electron chi connectivity index (χ1n) is 8.35. The molecule has 0 aliphatic heterocycles. The summed E-state index contributed by atoms with van der Waals surface area (Å²) in [7, 11) is 0. The van der Waals surface area contributed by atoms with E-state index in [2.05, 4.69) is 19.1 Å². The van der Waals surface area contributed by atoms with E-state index in [1.54, 1.807) is 0 Å². The van der Waals surface area contributed by atoms with E-state index in [1.807, 2.05) is 0 Å². The maximum Gasteiger partial charge on any atom is 0.194 e. The fourth-order valence-corrected chi connectivity index (χ4v) is 4.49. The number of hydrogen-bond acceptors (Lipinski definition) is 0. The number of rotatable bonds is 2. The molecule has 2 aliphatic rings. The van der Waals surface area contributed by atoms with Gasteiger partial charge in [0.2, 0.25) is 0 Å². The molecule has 22 heavy (non-hydrogen) atoms. The smallest absolute Gasteiger partial charge is 0.194 e. The third-order valence-electron chi connectivity index (χ3n) is 5.60. The Hall–Kier alpha value is -1.25. The second kappa shape index (κ2) is 6.47. The average molecular weight is 308 g/mol. The largest absolute Gasteiger partial charge is 0.204 e. The molecule has 0 heterocycles. The van der Waals surface area contributed by atoms with E-state index >= 15 is 0 Å². The molecular weight excluding hydrogens is 285 g/mol. The highest BCUT2D eigenvalue weighted by atomic mass is 19.2. The summed E-state index contributed by atoms with van der Waals surface area (Å²) in [6.45, 7) is 2.07. The predicted molar refractivity (Wildman–Crippen MR) is 82.0 cm³/mol. The zero-order valence-corrected chi connectivity index (χ0v) is 13.0. The summed E-state index contributed by atoms with van der Waals surface area (Å²) < 4.78 is 40.0. The van der Waals surface area contributed by atoms with Gasteiger partial charge in [-0.25, -0.2) is 13.2 Å². The van der Waals surface area contributed by atoms with Crippen molar-refractivity contribution < 1.29 is 13.2 Å². The van der Waals surface area contributed by atoms with Crippen LogP contribution in [-0.2, 0) is 0 Å². The van der Waals surface area contributed by atoms with Crippen molar-refractivity contribution in [1.29, 1.82) is 0 Å². The van der Waals surface area contributed by atoms with E-state index < -0.39 is 17.5 Å². The first kappa shape index (κ1) is 15.6. The Morgan fingerprint density at radius 2 is 1.55 bits per heavy atom. The minimum atomic E-state index is -1.36. The van der Waals surface area contributed by atoms with Gasteiger partial charge in [-0.1, -0.05) is 12.2 Å². The minimum absolute atomic E-state index is 0.170. The molecule has 3 heteroatoms. The maximum absolute atomic E-state index is 13.4. The van der Waals surface area contributed by atoms with Crippen LogP contribution < -0.4 is 0 Å². The van der Waals surface area contributed by atoms with E-state index in [0.29, 0.717) is 17.4 Å². The van der Waals surface area contributed by atoms with Gasteiger partial charge < -0.3 is 0 Å². The fraction of sp³-hybridized carbons (Fsp3) is 0.579. The normalized spacial score (nSPS) is 32.2. The van der Waals surface area contributed by atoms with Crippen LogP contribution in [0.25, 0.3) is 0 Å². The summed E-state index contributed by atoms with van der Waals surface area (Å²) in [5, 5.41) is 0. The summed E-state index contributed by atoms with van der Waals surface area (Å²) in [5.74, 6) is -1.22. The molecule has 0 spiro atoms. The topological polar surface area (TPSA) is 0 Å². The molecule has 2 fully saturated rings. The Kier molecular flexibility index (Phi) is 4.60. The lowest BCUT2D eigenvalue weighted by Gasteiger charge is -2.41. The van der Waals surface area contributed by atoms with E-state index in [0.717, 1.165) is 25.2 Å². The molecular formula is C19H23F3. The Balaban J connectivity index is 1.70. The maximum atomic E-state index is 13.4. The lowest BCUT2D eigenvalue weighted by molar-refractivity contribution is 0.133. The number of benzene rings is 1. The summed E-state index contributed by atoms with van der Waals surface area (Å²) in [4.78, 5) is 0. The standard InChI is InChI=1S/C19H23F3/c1-2-3-12-4-5-14-9-15(7-6-13(14)8-12)16-10-17(20)19(22)18(21)11-16/h2-3,10-15H,4-9H2,1H3/t12-,13-,14-,15?/m1/s1. The molecule has 0 saturated heterocycles. The number of fused-ring (bicyclic) bond motifs is 1. The van der Waals surface area contributed by atoms with Crippen LogP contribution in [0.2, 0.25) is 0 Å². The molecule has 2 saturated carbocycles. The van der Waals surface area contributed by atoms with Crippen LogP contribution in [0.3, 0.4) is 0 Å². The van der Waals surface area contributed by atoms with Crippen molar-refractivity contribution in [2.45, 2.75) is 51.4 Å². The van der Waals surface area contributed by atoms with Crippen LogP contribution in [0, 0.1) is 35.2 Å². The van der Waals surface area contributed by atoms with Crippen molar-refractivity contribution in [3.8, 4) is 0 Å². The van der Waals surface area contributed by atoms with E-state index in [1.165, 1.54) is 31.4 Å². The molecule has 1 unspecified atom stereocenters. The van der Waals surface area contributed by atoms with Crippen molar-refractivity contribution in [1.82, 2.24) is 0 Å². The van der Waals surface area contributed by atoms with Gasteiger partial charge in [0.15, 0.2) is 17.5 Å². The van der Waals surface area contributed by atoms with Gasteiger partial charge in [0.1, 0.15) is 0 Å². The van der Waals surface area contributed by atoms with Gasteiger partial charge in [0.05, 0.1) is 0 Å². The molecule has 120 valence electrons. The third-order valence-corrected chi connectivity index (χ3v) is 5.60. The minimum Gasteiger partial charge on any atom is -0.204 e. The van der Waals surface area contributed by atoms with Crippen LogP contribution in [0.15, 0.2) is 24.3 Å². The number of hydrogen-bond donors (Lipinski definition) is 0. The lowest BCUT2D eigenvalue weighted by atomic mass is 9.64. The Morgan fingerprint density at radius 1 is 0.909 bits per heavy atom. The Bertz CT molecular complexity index is 541. The summed E-state index contributed by atoms with van der Waals surface area (Å²) in [5.41, 5.74) is 0.630. The van der Waals surface area contributed by atoms with Crippen molar-refractivity contribution in [2.24, 2.45) is 17.8 Å². The molecule has 2 aliphatic carbocycles. The second-order valence-corrected chi connectivity index (χ2v) is 6.93. The highest BCUT2D eigenvalue weighted by molar-refractivity contribution is 5.24. The highest BCUT2D eigenvalue weighted by Gasteiger charge is 2.35. The fourth-order valence-electron chi connectivity index (χ4n) is 4.49. The molecule has 4 atom stereocenters. The van der Waals surface area contributed by atoms with Crippen LogP contribution in [0.1, 0.15) is 56.9 Å². The molecule has 0 N–H and O–H groups in total. The van der Waals surface area contributed by atoms with Crippen molar-refractivity contribution >= 4 is 0 Å². The van der Waals surface area contributed by atoms with Crippen LogP contribution in [0.5, 0.6) is 0 Å². The van der Waals surface area contributed by atoms with Crippen molar-refractivity contribution in [3.05, 3.63) is 47.3 Å². The summed E-state index contributed by atoms with van der Waals surface area (Å²) in [6.07, 6.45) is 11.2. The van der Waals surface area contributed by atoms with Crippen LogP contribution in [0.4, 0.5) is 13.2 Å².